The highest BCUT2D eigenvalue weighted by atomic mass is 79.9. The molecule has 1 heterocycles. The molecular formula is C13H15BrN2O. The van der Waals surface area contributed by atoms with Gasteiger partial charge in [0, 0.05) is 11.0 Å². The molecule has 2 unspecified atom stereocenters. The van der Waals surface area contributed by atoms with Crippen LogP contribution in [0.4, 0.5) is 0 Å². The maximum Gasteiger partial charge on any atom is 0.137 e. The topological polar surface area (TPSA) is 45.0 Å². The lowest BCUT2D eigenvalue weighted by molar-refractivity contribution is 0.114. The minimum Gasteiger partial charge on any atom is -0.487 e. The number of rotatable bonds is 2. The molecule has 0 saturated carbocycles. The highest BCUT2D eigenvalue weighted by molar-refractivity contribution is 9.10. The van der Waals surface area contributed by atoms with Crippen LogP contribution in [0.1, 0.15) is 18.9 Å². The zero-order valence-electron chi connectivity index (χ0n) is 9.74. The molecule has 1 aliphatic rings. The van der Waals surface area contributed by atoms with Crippen LogP contribution < -0.4 is 10.1 Å². The molecule has 17 heavy (non-hydrogen) atoms. The van der Waals surface area contributed by atoms with Crippen LogP contribution >= 0.6 is 15.9 Å². The van der Waals surface area contributed by atoms with Gasteiger partial charge in [-0.3, -0.25) is 0 Å². The Morgan fingerprint density at radius 1 is 1.53 bits per heavy atom. The zero-order valence-corrected chi connectivity index (χ0v) is 11.3. The first-order valence-corrected chi connectivity index (χ1v) is 6.57. The predicted octanol–water partition coefficient (Wildman–Crippen LogP) is 2.70. The van der Waals surface area contributed by atoms with Crippen LogP contribution in [0, 0.1) is 17.2 Å². The van der Waals surface area contributed by atoms with E-state index in [0.29, 0.717) is 17.2 Å². The van der Waals surface area contributed by atoms with Crippen LogP contribution in [0.25, 0.3) is 0 Å². The highest BCUT2D eigenvalue weighted by Gasteiger charge is 2.23. The molecule has 1 fully saturated rings. The van der Waals surface area contributed by atoms with Crippen LogP contribution in [0.3, 0.4) is 0 Å². The van der Waals surface area contributed by atoms with Gasteiger partial charge >= 0.3 is 0 Å². The molecule has 1 aromatic rings. The second-order valence-electron chi connectivity index (χ2n) is 4.38. The van der Waals surface area contributed by atoms with E-state index in [1.54, 1.807) is 6.07 Å². The fourth-order valence-corrected chi connectivity index (χ4v) is 2.34. The molecule has 4 heteroatoms. The molecule has 0 aliphatic carbocycles. The molecule has 1 saturated heterocycles. The van der Waals surface area contributed by atoms with Gasteiger partial charge in [0.2, 0.25) is 0 Å². The van der Waals surface area contributed by atoms with Crippen molar-refractivity contribution < 1.29 is 4.74 Å². The molecule has 0 radical (unpaired) electrons. The van der Waals surface area contributed by atoms with E-state index in [1.165, 1.54) is 0 Å². The van der Waals surface area contributed by atoms with E-state index in [0.717, 1.165) is 24.0 Å². The molecule has 0 spiro atoms. The molecule has 0 bridgehead atoms. The average Bonchev–Trinajstić information content (AvgIpc) is 2.34. The third-order valence-corrected chi connectivity index (χ3v) is 3.59. The first-order chi connectivity index (χ1) is 8.20. The van der Waals surface area contributed by atoms with Gasteiger partial charge in [-0.1, -0.05) is 22.9 Å². The van der Waals surface area contributed by atoms with Crippen LogP contribution in [-0.4, -0.2) is 19.2 Å². The van der Waals surface area contributed by atoms with Gasteiger partial charge in [-0.05, 0) is 37.1 Å². The van der Waals surface area contributed by atoms with Crippen molar-refractivity contribution >= 4 is 15.9 Å². The van der Waals surface area contributed by atoms with Crippen molar-refractivity contribution in [2.24, 2.45) is 5.92 Å². The smallest absolute Gasteiger partial charge is 0.137 e. The summed E-state index contributed by atoms with van der Waals surface area (Å²) in [4.78, 5) is 0. The quantitative estimate of drug-likeness (QED) is 0.912. The van der Waals surface area contributed by atoms with Crippen molar-refractivity contribution in [2.75, 3.05) is 13.1 Å². The maximum absolute atomic E-state index is 9.07. The third-order valence-electron chi connectivity index (χ3n) is 3.10. The first kappa shape index (κ1) is 12.4. The second kappa shape index (κ2) is 5.52. The molecule has 0 aromatic heterocycles. The summed E-state index contributed by atoms with van der Waals surface area (Å²) < 4.78 is 6.84. The molecule has 0 amide bonds. The van der Waals surface area contributed by atoms with Gasteiger partial charge < -0.3 is 10.1 Å². The molecule has 3 nitrogen and oxygen atoms in total. The largest absolute Gasteiger partial charge is 0.487 e. The van der Waals surface area contributed by atoms with Gasteiger partial charge in [0.1, 0.15) is 17.9 Å². The summed E-state index contributed by atoms with van der Waals surface area (Å²) in [6.45, 7) is 4.09. The van der Waals surface area contributed by atoms with Crippen LogP contribution in [0.5, 0.6) is 5.75 Å². The average molecular weight is 295 g/mol. The number of ether oxygens (including phenoxy) is 1. The fourth-order valence-electron chi connectivity index (χ4n) is 1.97. The van der Waals surface area contributed by atoms with E-state index in [4.69, 9.17) is 10.00 Å². The SMILES string of the molecule is CC1CCNCC1Oc1ccc(Br)cc1C#N. The summed E-state index contributed by atoms with van der Waals surface area (Å²) in [6.07, 6.45) is 1.26. The van der Waals surface area contributed by atoms with Crippen LogP contribution in [-0.2, 0) is 0 Å². The summed E-state index contributed by atoms with van der Waals surface area (Å²) in [5.41, 5.74) is 0.581. The van der Waals surface area contributed by atoms with Gasteiger partial charge in [0.15, 0.2) is 0 Å². The summed E-state index contributed by atoms with van der Waals surface area (Å²) in [6, 6.07) is 7.70. The van der Waals surface area contributed by atoms with Crippen molar-refractivity contribution in [1.82, 2.24) is 5.32 Å². The van der Waals surface area contributed by atoms with Gasteiger partial charge in [-0.2, -0.15) is 5.26 Å². The Balaban J connectivity index is 2.15. The molecule has 1 aromatic carbocycles. The van der Waals surface area contributed by atoms with E-state index in [1.807, 2.05) is 12.1 Å². The fraction of sp³-hybridized carbons (Fsp3) is 0.462. The highest BCUT2D eigenvalue weighted by Crippen LogP contribution is 2.26. The number of halogens is 1. The second-order valence-corrected chi connectivity index (χ2v) is 5.29. The summed E-state index contributed by atoms with van der Waals surface area (Å²) in [7, 11) is 0. The lowest BCUT2D eigenvalue weighted by atomic mass is 9.97. The summed E-state index contributed by atoms with van der Waals surface area (Å²) in [5.74, 6) is 1.20. The van der Waals surface area contributed by atoms with Crippen LogP contribution in [0.2, 0.25) is 0 Å². The van der Waals surface area contributed by atoms with Gasteiger partial charge in [-0.25, -0.2) is 0 Å². The number of hydrogen-bond acceptors (Lipinski definition) is 3. The Morgan fingerprint density at radius 3 is 3.06 bits per heavy atom. The lowest BCUT2D eigenvalue weighted by Crippen LogP contribution is -2.42. The Bertz CT molecular complexity index is 442. The molecule has 2 rings (SSSR count). The normalized spacial score (nSPS) is 24.1. The van der Waals surface area contributed by atoms with Crippen molar-refractivity contribution in [3.8, 4) is 11.8 Å². The summed E-state index contributed by atoms with van der Waals surface area (Å²) in [5, 5.41) is 12.4. The maximum atomic E-state index is 9.07. The van der Waals surface area contributed by atoms with Crippen molar-refractivity contribution in [1.29, 1.82) is 5.26 Å². The number of nitriles is 1. The van der Waals surface area contributed by atoms with Gasteiger partial charge in [0.25, 0.3) is 0 Å². The minimum atomic E-state index is 0.150. The Morgan fingerprint density at radius 2 is 2.35 bits per heavy atom. The van der Waals surface area contributed by atoms with Gasteiger partial charge in [-0.15, -0.1) is 0 Å². The monoisotopic (exact) mass is 294 g/mol. The molecular weight excluding hydrogens is 280 g/mol. The number of hydrogen-bond donors (Lipinski definition) is 1. The predicted molar refractivity (Wildman–Crippen MR) is 69.9 cm³/mol. The lowest BCUT2D eigenvalue weighted by Gasteiger charge is -2.30. The molecule has 1 N–H and O–H groups in total. The van der Waals surface area contributed by atoms with Crippen molar-refractivity contribution in [3.05, 3.63) is 28.2 Å². The zero-order chi connectivity index (χ0) is 12.3. The van der Waals surface area contributed by atoms with Crippen molar-refractivity contribution in [3.63, 3.8) is 0 Å². The van der Waals surface area contributed by atoms with E-state index in [-0.39, 0.29) is 6.10 Å². The van der Waals surface area contributed by atoms with E-state index in [9.17, 15) is 0 Å². The van der Waals surface area contributed by atoms with Gasteiger partial charge in [0.05, 0.1) is 5.56 Å². The Labute approximate surface area is 110 Å². The van der Waals surface area contributed by atoms with Crippen LogP contribution in [0.15, 0.2) is 22.7 Å². The number of nitrogens with one attached hydrogen (secondary N) is 1. The Kier molecular flexibility index (Phi) is 4.03. The van der Waals surface area contributed by atoms with E-state index >= 15 is 0 Å². The summed E-state index contributed by atoms with van der Waals surface area (Å²) >= 11 is 3.36. The first-order valence-electron chi connectivity index (χ1n) is 5.77. The third kappa shape index (κ3) is 2.99. The number of nitrogens with zero attached hydrogens (tertiary/aromatic N) is 1. The molecule has 90 valence electrons. The number of benzene rings is 1. The number of piperidine rings is 1. The van der Waals surface area contributed by atoms with Crippen molar-refractivity contribution in [2.45, 2.75) is 19.4 Å². The molecule has 1 aliphatic heterocycles. The van der Waals surface area contributed by atoms with E-state index < -0.39 is 0 Å². The minimum absolute atomic E-state index is 0.150. The Hall–Kier alpha value is -1.05. The molecule has 2 atom stereocenters. The standard InChI is InChI=1S/C13H15BrN2O/c1-9-4-5-16-8-13(9)17-12-3-2-11(14)6-10(12)7-15/h2-3,6,9,13,16H,4-5,8H2,1H3. The van der Waals surface area contributed by atoms with E-state index in [2.05, 4.69) is 34.2 Å².